The highest BCUT2D eigenvalue weighted by atomic mass is 32.2. The van der Waals surface area contributed by atoms with Crippen molar-refractivity contribution in [3.8, 4) is 0 Å². The largest absolute Gasteiger partial charge is 0.374 e. The number of aliphatic hydroxyl groups is 1. The van der Waals surface area contributed by atoms with Gasteiger partial charge in [0.25, 0.3) is 0 Å². The van der Waals surface area contributed by atoms with E-state index >= 15 is 0 Å². The molecule has 0 bridgehead atoms. The van der Waals surface area contributed by atoms with Crippen LogP contribution >= 0.6 is 11.9 Å². The summed E-state index contributed by atoms with van der Waals surface area (Å²) in [4.78, 5) is 14.1. The molecule has 0 saturated carbocycles. The molecule has 1 atom stereocenters. The first-order valence-corrected chi connectivity index (χ1v) is 5.65. The topological polar surface area (TPSA) is 74.6 Å². The predicted molar refractivity (Wildman–Crippen MR) is 64.7 cm³/mol. The summed E-state index contributed by atoms with van der Waals surface area (Å²) in [7, 11) is 0. The molecular formula is C10H15N3O2S. The van der Waals surface area contributed by atoms with Gasteiger partial charge in [0.2, 0.25) is 0 Å². The van der Waals surface area contributed by atoms with Crippen LogP contribution in [0.5, 0.6) is 0 Å². The zero-order chi connectivity index (χ0) is 12.0. The van der Waals surface area contributed by atoms with E-state index in [1.807, 2.05) is 13.8 Å². The Bertz CT molecular complexity index is 332. The van der Waals surface area contributed by atoms with Gasteiger partial charge in [0.05, 0.1) is 0 Å². The number of nitrogens with zero attached hydrogens (tertiary/aromatic N) is 2. The molecule has 0 spiro atoms. The fourth-order valence-electron chi connectivity index (χ4n) is 1.13. The average molecular weight is 241 g/mol. The quantitative estimate of drug-likeness (QED) is 0.451. The lowest BCUT2D eigenvalue weighted by Gasteiger charge is -2.22. The second-order valence-electron chi connectivity index (χ2n) is 4.00. The van der Waals surface area contributed by atoms with Gasteiger partial charge < -0.3 is 5.11 Å². The number of aliphatic hydroxyl groups excluding tert-OH is 1. The molecule has 0 radical (unpaired) electrons. The lowest BCUT2D eigenvalue weighted by molar-refractivity contribution is 0.136. The van der Waals surface area contributed by atoms with Crippen LogP contribution in [0.2, 0.25) is 0 Å². The lowest BCUT2D eigenvalue weighted by atomic mass is 10.2. The smallest absolute Gasteiger partial charge is 0.132 e. The number of hydrogen-bond acceptors (Lipinski definition) is 6. The molecular weight excluding hydrogens is 226 g/mol. The Labute approximate surface area is 98.8 Å². The van der Waals surface area contributed by atoms with Crippen LogP contribution in [-0.2, 0) is 0 Å². The zero-order valence-corrected chi connectivity index (χ0v) is 10.1. The molecule has 5 nitrogen and oxygen atoms in total. The van der Waals surface area contributed by atoms with Gasteiger partial charge in [-0.1, -0.05) is 6.07 Å². The Kier molecular flexibility index (Phi) is 4.85. The molecule has 0 amide bonds. The molecule has 16 heavy (non-hydrogen) atoms. The van der Waals surface area contributed by atoms with E-state index in [1.54, 1.807) is 24.5 Å². The van der Waals surface area contributed by atoms with Gasteiger partial charge >= 0.3 is 0 Å². The maximum atomic E-state index is 10.1. The van der Waals surface area contributed by atoms with Crippen LogP contribution in [0, 0.1) is 4.91 Å². The van der Waals surface area contributed by atoms with E-state index < -0.39 is 6.23 Å². The van der Waals surface area contributed by atoms with E-state index in [-0.39, 0.29) is 4.75 Å². The first-order chi connectivity index (χ1) is 7.55. The normalized spacial score (nSPS) is 13.4. The van der Waals surface area contributed by atoms with Crippen molar-refractivity contribution in [3.05, 3.63) is 35.0 Å². The minimum atomic E-state index is -0.778. The number of rotatable bonds is 6. The number of nitrogens with one attached hydrogen (secondary N) is 1. The van der Waals surface area contributed by atoms with Crippen LogP contribution in [0.15, 0.2) is 29.1 Å². The van der Waals surface area contributed by atoms with E-state index in [9.17, 15) is 10.0 Å². The second kappa shape index (κ2) is 5.93. The second-order valence-corrected chi connectivity index (χ2v) is 5.43. The molecule has 0 aliphatic carbocycles. The summed E-state index contributed by atoms with van der Waals surface area (Å²) in [6, 6.07) is 3.54. The highest BCUT2D eigenvalue weighted by Gasteiger charge is 2.21. The van der Waals surface area contributed by atoms with Crippen molar-refractivity contribution in [1.29, 1.82) is 0 Å². The van der Waals surface area contributed by atoms with Crippen molar-refractivity contribution < 1.29 is 5.11 Å². The maximum absolute atomic E-state index is 10.1. The Morgan fingerprint density at radius 1 is 1.69 bits per heavy atom. The summed E-state index contributed by atoms with van der Waals surface area (Å²) in [6.45, 7) is 4.23. The summed E-state index contributed by atoms with van der Waals surface area (Å²) in [5.41, 5.74) is 0.697. The summed E-state index contributed by atoms with van der Waals surface area (Å²) >= 11 is 0.951. The van der Waals surface area contributed by atoms with Gasteiger partial charge in [-0.25, -0.2) is 0 Å². The van der Waals surface area contributed by atoms with Crippen molar-refractivity contribution in [2.45, 2.75) is 24.8 Å². The first-order valence-electron chi connectivity index (χ1n) is 4.87. The highest BCUT2D eigenvalue weighted by Crippen LogP contribution is 2.24. The molecule has 88 valence electrons. The molecule has 1 unspecified atom stereocenters. The molecule has 0 fully saturated rings. The fraction of sp³-hybridized carbons (Fsp3) is 0.500. The summed E-state index contributed by atoms with van der Waals surface area (Å²) in [6.07, 6.45) is 2.46. The van der Waals surface area contributed by atoms with Gasteiger partial charge in [0.15, 0.2) is 0 Å². The minimum absolute atomic E-state index is 0.342. The van der Waals surface area contributed by atoms with Crippen molar-refractivity contribution in [1.82, 2.24) is 10.3 Å². The van der Waals surface area contributed by atoms with E-state index in [4.69, 9.17) is 0 Å². The van der Waals surface area contributed by atoms with Gasteiger partial charge in [-0.3, -0.25) is 10.3 Å². The SMILES string of the molecule is CC(C)(CNC(O)c1cccnc1)SN=O. The predicted octanol–water partition coefficient (Wildman–Crippen LogP) is 1.86. The lowest BCUT2D eigenvalue weighted by Crippen LogP contribution is -2.34. The van der Waals surface area contributed by atoms with Crippen molar-refractivity contribution in [3.63, 3.8) is 0 Å². The molecule has 0 aromatic carbocycles. The van der Waals surface area contributed by atoms with Crippen LogP contribution in [0.4, 0.5) is 0 Å². The van der Waals surface area contributed by atoms with Crippen molar-refractivity contribution in [2.75, 3.05) is 6.54 Å². The van der Waals surface area contributed by atoms with Crippen LogP contribution in [0.3, 0.4) is 0 Å². The summed E-state index contributed by atoms with van der Waals surface area (Å²) in [5.74, 6) is 0. The molecule has 1 aromatic heterocycles. The minimum Gasteiger partial charge on any atom is -0.374 e. The third-order valence-electron chi connectivity index (χ3n) is 2.01. The molecule has 0 saturated heterocycles. The summed E-state index contributed by atoms with van der Waals surface area (Å²) < 4.78 is 2.45. The molecule has 1 aromatic rings. The highest BCUT2D eigenvalue weighted by molar-refractivity contribution is 7.99. The zero-order valence-electron chi connectivity index (χ0n) is 9.25. The van der Waals surface area contributed by atoms with Crippen LogP contribution in [-0.4, -0.2) is 21.4 Å². The molecule has 2 N–H and O–H groups in total. The van der Waals surface area contributed by atoms with E-state index in [2.05, 4.69) is 14.9 Å². The molecule has 6 heteroatoms. The van der Waals surface area contributed by atoms with Gasteiger partial charge in [0, 0.05) is 45.8 Å². The van der Waals surface area contributed by atoms with Crippen LogP contribution in [0.1, 0.15) is 25.6 Å². The monoisotopic (exact) mass is 241 g/mol. The molecule has 1 rings (SSSR count). The molecule has 1 heterocycles. The fourth-order valence-corrected chi connectivity index (χ4v) is 1.48. The Morgan fingerprint density at radius 3 is 3.00 bits per heavy atom. The van der Waals surface area contributed by atoms with Gasteiger partial charge in [-0.2, -0.15) is 0 Å². The van der Waals surface area contributed by atoms with Crippen LogP contribution in [0.25, 0.3) is 0 Å². The van der Waals surface area contributed by atoms with Gasteiger partial charge in [0.1, 0.15) is 6.23 Å². The van der Waals surface area contributed by atoms with Crippen molar-refractivity contribution >= 4 is 11.9 Å². The number of aromatic nitrogens is 1. The standard InChI is InChI=1S/C10H15N3O2S/c1-10(2,16-13-15)7-12-9(14)8-4-3-5-11-6-8/h3-6,9,12,14H,7H2,1-2H3. The molecule has 0 aliphatic rings. The molecule has 0 aliphatic heterocycles. The Balaban J connectivity index is 2.47. The van der Waals surface area contributed by atoms with E-state index in [0.29, 0.717) is 12.1 Å². The third-order valence-corrected chi connectivity index (χ3v) is 2.72. The number of nitroso groups, excluding NO2 is 1. The Hall–Kier alpha value is -0.980. The maximum Gasteiger partial charge on any atom is 0.132 e. The van der Waals surface area contributed by atoms with Crippen molar-refractivity contribution in [2.24, 2.45) is 4.58 Å². The third kappa shape index (κ3) is 4.26. The number of pyridine rings is 1. The summed E-state index contributed by atoms with van der Waals surface area (Å²) in [5, 5.41) is 12.7. The average Bonchev–Trinajstić information content (AvgIpc) is 2.27. The van der Waals surface area contributed by atoms with Gasteiger partial charge in [-0.05, 0) is 19.9 Å². The van der Waals surface area contributed by atoms with E-state index in [1.165, 1.54) is 0 Å². The first kappa shape index (κ1) is 13.1. The Morgan fingerprint density at radius 2 is 2.44 bits per heavy atom. The van der Waals surface area contributed by atoms with Gasteiger partial charge in [-0.15, -0.1) is 4.91 Å². The van der Waals surface area contributed by atoms with Crippen LogP contribution < -0.4 is 5.32 Å². The van der Waals surface area contributed by atoms with E-state index in [0.717, 1.165) is 11.9 Å². The number of hydrogen-bond donors (Lipinski definition) is 2.